The van der Waals surface area contributed by atoms with E-state index in [-0.39, 0.29) is 0 Å². The quantitative estimate of drug-likeness (QED) is 0.821. The number of hydrogen-bond donors (Lipinski definition) is 1. The Hall–Kier alpha value is -1.10. The Bertz CT molecular complexity index is 505. The van der Waals surface area contributed by atoms with Gasteiger partial charge >= 0.3 is 0 Å². The molecule has 0 aliphatic carbocycles. The molecule has 4 nitrogen and oxygen atoms in total. The van der Waals surface area contributed by atoms with Gasteiger partial charge in [0.15, 0.2) is 0 Å². The number of nitrogens with one attached hydrogen (secondary N) is 1. The smallest absolute Gasteiger partial charge is 0.0479 e. The van der Waals surface area contributed by atoms with E-state index in [1.165, 1.54) is 43.7 Å². The van der Waals surface area contributed by atoms with Gasteiger partial charge in [-0.3, -0.25) is 4.90 Å². The summed E-state index contributed by atoms with van der Waals surface area (Å²) >= 11 is 0. The predicted octanol–water partition coefficient (Wildman–Crippen LogP) is 2.96. The van der Waals surface area contributed by atoms with Crippen molar-refractivity contribution in [2.24, 2.45) is 0 Å². The van der Waals surface area contributed by atoms with E-state index >= 15 is 0 Å². The zero-order valence-electron chi connectivity index (χ0n) is 16.4. The molecule has 2 atom stereocenters. The Balaban J connectivity index is 1.79. The third kappa shape index (κ3) is 4.55. The summed E-state index contributed by atoms with van der Waals surface area (Å²) in [5.74, 6) is 0. The fraction of sp³-hybridized carbons (Fsp3) is 0.714. The van der Waals surface area contributed by atoms with E-state index in [0.29, 0.717) is 12.1 Å². The lowest BCUT2D eigenvalue weighted by atomic mass is 10.0. The van der Waals surface area contributed by atoms with Gasteiger partial charge in [0.1, 0.15) is 0 Å². The average molecular weight is 345 g/mol. The van der Waals surface area contributed by atoms with Crippen LogP contribution in [0.5, 0.6) is 0 Å². The van der Waals surface area contributed by atoms with Crippen LogP contribution in [0.3, 0.4) is 0 Å². The van der Waals surface area contributed by atoms with E-state index in [1.54, 1.807) is 0 Å². The van der Waals surface area contributed by atoms with Crippen LogP contribution in [0.25, 0.3) is 0 Å². The summed E-state index contributed by atoms with van der Waals surface area (Å²) in [6.45, 7) is 16.1. The van der Waals surface area contributed by atoms with Gasteiger partial charge in [-0.1, -0.05) is 12.1 Å². The van der Waals surface area contributed by atoms with Crippen LogP contribution in [0.4, 0.5) is 5.69 Å². The highest BCUT2D eigenvalue weighted by Gasteiger charge is 2.29. The van der Waals surface area contributed by atoms with Crippen molar-refractivity contribution in [3.63, 3.8) is 0 Å². The molecule has 0 spiro atoms. The predicted molar refractivity (Wildman–Crippen MR) is 107 cm³/mol. The SMILES string of the molecule is CCN(CC)c1ccc(C(CN2CCCC2)N2CCNCC2C)cc1. The number of rotatable bonds is 7. The van der Waals surface area contributed by atoms with Crippen molar-refractivity contribution in [3.05, 3.63) is 29.8 Å². The number of hydrogen-bond acceptors (Lipinski definition) is 4. The summed E-state index contributed by atoms with van der Waals surface area (Å²) in [5.41, 5.74) is 2.83. The van der Waals surface area contributed by atoms with Crippen molar-refractivity contribution >= 4 is 5.69 Å². The van der Waals surface area contributed by atoms with Crippen molar-refractivity contribution in [2.45, 2.75) is 45.7 Å². The minimum Gasteiger partial charge on any atom is -0.372 e. The van der Waals surface area contributed by atoms with Crippen LogP contribution < -0.4 is 10.2 Å². The first-order valence-corrected chi connectivity index (χ1v) is 10.3. The maximum absolute atomic E-state index is 3.54. The Morgan fingerprint density at radius 3 is 2.36 bits per heavy atom. The molecule has 0 aromatic heterocycles. The average Bonchev–Trinajstić information content (AvgIpc) is 3.15. The van der Waals surface area contributed by atoms with E-state index in [1.807, 2.05) is 0 Å². The number of likely N-dealkylation sites (tertiary alicyclic amines) is 1. The molecular formula is C21H36N4. The van der Waals surface area contributed by atoms with Gasteiger partial charge in [0.05, 0.1) is 0 Å². The lowest BCUT2D eigenvalue weighted by molar-refractivity contribution is 0.0908. The van der Waals surface area contributed by atoms with Crippen LogP contribution >= 0.6 is 0 Å². The monoisotopic (exact) mass is 344 g/mol. The summed E-state index contributed by atoms with van der Waals surface area (Å²) in [6.07, 6.45) is 2.73. The molecule has 0 radical (unpaired) electrons. The van der Waals surface area contributed by atoms with Crippen LogP contribution in [0.2, 0.25) is 0 Å². The highest BCUT2D eigenvalue weighted by Crippen LogP contribution is 2.28. The molecule has 2 saturated heterocycles. The largest absolute Gasteiger partial charge is 0.372 e. The molecule has 3 rings (SSSR count). The first-order chi connectivity index (χ1) is 12.2. The number of benzene rings is 1. The molecule has 2 aliphatic rings. The molecule has 2 heterocycles. The van der Waals surface area contributed by atoms with Gasteiger partial charge in [0.2, 0.25) is 0 Å². The van der Waals surface area contributed by atoms with E-state index < -0.39 is 0 Å². The molecule has 2 unspecified atom stereocenters. The number of nitrogens with zero attached hydrogens (tertiary/aromatic N) is 3. The molecule has 0 saturated carbocycles. The van der Waals surface area contributed by atoms with Gasteiger partial charge in [0, 0.05) is 57.0 Å². The van der Waals surface area contributed by atoms with E-state index in [9.17, 15) is 0 Å². The van der Waals surface area contributed by atoms with Crippen molar-refractivity contribution < 1.29 is 0 Å². The Morgan fingerprint density at radius 1 is 1.08 bits per heavy atom. The summed E-state index contributed by atoms with van der Waals surface area (Å²) in [5, 5.41) is 3.54. The summed E-state index contributed by atoms with van der Waals surface area (Å²) in [7, 11) is 0. The van der Waals surface area contributed by atoms with Crippen LogP contribution in [0.15, 0.2) is 24.3 Å². The van der Waals surface area contributed by atoms with Crippen molar-refractivity contribution in [2.75, 3.05) is 57.3 Å². The first-order valence-electron chi connectivity index (χ1n) is 10.3. The van der Waals surface area contributed by atoms with Gasteiger partial charge < -0.3 is 15.1 Å². The molecule has 4 heteroatoms. The molecule has 2 aliphatic heterocycles. The Labute approximate surface area is 154 Å². The molecule has 0 bridgehead atoms. The van der Waals surface area contributed by atoms with Crippen molar-refractivity contribution in [3.8, 4) is 0 Å². The third-order valence-corrected chi connectivity index (χ3v) is 5.99. The van der Waals surface area contributed by atoms with Gasteiger partial charge in [-0.05, 0) is 64.4 Å². The number of piperazine rings is 1. The van der Waals surface area contributed by atoms with Crippen LogP contribution in [-0.4, -0.2) is 68.2 Å². The summed E-state index contributed by atoms with van der Waals surface area (Å²) in [6, 6.07) is 10.5. The lowest BCUT2D eigenvalue weighted by Crippen LogP contribution is -2.52. The molecular weight excluding hydrogens is 308 g/mol. The second-order valence-electron chi connectivity index (χ2n) is 7.58. The zero-order chi connectivity index (χ0) is 17.6. The third-order valence-electron chi connectivity index (χ3n) is 5.99. The van der Waals surface area contributed by atoms with Crippen LogP contribution in [0.1, 0.15) is 45.2 Å². The summed E-state index contributed by atoms with van der Waals surface area (Å²) in [4.78, 5) is 7.81. The normalized spacial score (nSPS) is 23.7. The zero-order valence-corrected chi connectivity index (χ0v) is 16.4. The molecule has 140 valence electrons. The Morgan fingerprint density at radius 2 is 1.76 bits per heavy atom. The molecule has 2 fully saturated rings. The molecule has 1 aromatic rings. The van der Waals surface area contributed by atoms with Gasteiger partial charge in [0.25, 0.3) is 0 Å². The lowest BCUT2D eigenvalue weighted by Gasteiger charge is -2.41. The number of anilines is 1. The molecule has 0 amide bonds. The standard InChI is InChI=1S/C21H36N4/c1-4-24(5-2)20-10-8-19(9-11-20)21(17-23-13-6-7-14-23)25-15-12-22-16-18(25)3/h8-11,18,21-22H,4-7,12-17H2,1-3H3. The first kappa shape index (κ1) is 18.7. The van der Waals surface area contributed by atoms with E-state index in [4.69, 9.17) is 0 Å². The topological polar surface area (TPSA) is 21.8 Å². The molecule has 25 heavy (non-hydrogen) atoms. The van der Waals surface area contributed by atoms with Crippen molar-refractivity contribution in [1.29, 1.82) is 0 Å². The van der Waals surface area contributed by atoms with Gasteiger partial charge in [-0.15, -0.1) is 0 Å². The maximum Gasteiger partial charge on any atom is 0.0479 e. The van der Waals surface area contributed by atoms with Gasteiger partial charge in [-0.25, -0.2) is 0 Å². The van der Waals surface area contributed by atoms with Crippen molar-refractivity contribution in [1.82, 2.24) is 15.1 Å². The van der Waals surface area contributed by atoms with Crippen LogP contribution in [-0.2, 0) is 0 Å². The minimum absolute atomic E-state index is 0.515. The van der Waals surface area contributed by atoms with Gasteiger partial charge in [-0.2, -0.15) is 0 Å². The minimum atomic E-state index is 0.515. The second-order valence-corrected chi connectivity index (χ2v) is 7.58. The Kier molecular flexibility index (Phi) is 6.74. The summed E-state index contributed by atoms with van der Waals surface area (Å²) < 4.78 is 0. The molecule has 1 aromatic carbocycles. The second kappa shape index (κ2) is 9.02. The maximum atomic E-state index is 3.54. The van der Waals surface area contributed by atoms with E-state index in [2.05, 4.69) is 65.1 Å². The highest BCUT2D eigenvalue weighted by molar-refractivity contribution is 5.48. The van der Waals surface area contributed by atoms with Crippen LogP contribution in [0, 0.1) is 0 Å². The molecule has 1 N–H and O–H groups in total. The fourth-order valence-corrected chi connectivity index (χ4v) is 4.43. The fourth-order valence-electron chi connectivity index (χ4n) is 4.43. The highest BCUT2D eigenvalue weighted by atomic mass is 15.3. The van der Waals surface area contributed by atoms with E-state index in [0.717, 1.165) is 32.7 Å².